The van der Waals surface area contributed by atoms with Crippen molar-refractivity contribution in [1.29, 1.82) is 0 Å². The van der Waals surface area contributed by atoms with Gasteiger partial charge in [0.15, 0.2) is 0 Å². The van der Waals surface area contributed by atoms with Gasteiger partial charge in [-0.2, -0.15) is 0 Å². The fourth-order valence-corrected chi connectivity index (χ4v) is 3.33. The van der Waals surface area contributed by atoms with E-state index in [2.05, 4.69) is 40.3 Å². The first-order valence-electron chi connectivity index (χ1n) is 8.28. The summed E-state index contributed by atoms with van der Waals surface area (Å²) in [6.45, 7) is 3.22. The number of likely N-dealkylation sites (tertiary alicyclic amines) is 1. The molecule has 0 spiro atoms. The summed E-state index contributed by atoms with van der Waals surface area (Å²) in [5.41, 5.74) is 1.26. The van der Waals surface area contributed by atoms with E-state index in [-0.39, 0.29) is 5.91 Å². The van der Waals surface area contributed by atoms with Crippen molar-refractivity contribution in [2.45, 2.75) is 43.5 Å². The van der Waals surface area contributed by atoms with Gasteiger partial charge in [0.05, 0.1) is 6.54 Å². The Hall–Kier alpha value is -1.00. The van der Waals surface area contributed by atoms with Crippen LogP contribution in [0.3, 0.4) is 0 Å². The quantitative estimate of drug-likeness (QED) is 0.774. The third-order valence-corrected chi connectivity index (χ3v) is 4.97. The first-order chi connectivity index (χ1) is 10.7. The van der Waals surface area contributed by atoms with Gasteiger partial charge in [0, 0.05) is 24.5 Å². The highest BCUT2D eigenvalue weighted by atomic mass is 32.2. The zero-order valence-electron chi connectivity index (χ0n) is 13.9. The molecule has 1 aliphatic heterocycles. The molecule has 3 nitrogen and oxygen atoms in total. The van der Waals surface area contributed by atoms with Crippen molar-refractivity contribution in [1.82, 2.24) is 9.80 Å². The summed E-state index contributed by atoms with van der Waals surface area (Å²) >= 11 is 1.76. The Labute approximate surface area is 139 Å². The van der Waals surface area contributed by atoms with Crippen LogP contribution in [0.15, 0.2) is 29.2 Å². The summed E-state index contributed by atoms with van der Waals surface area (Å²) in [7, 11) is 2.03. The predicted molar refractivity (Wildman–Crippen MR) is 94.2 cm³/mol. The molecular formula is C18H28N2OS. The summed E-state index contributed by atoms with van der Waals surface area (Å²) in [4.78, 5) is 17.9. The minimum absolute atomic E-state index is 0.283. The third kappa shape index (κ3) is 5.65. The largest absolute Gasteiger partial charge is 0.342 e. The first-order valence-corrected chi connectivity index (χ1v) is 9.51. The monoisotopic (exact) mass is 320 g/mol. The number of benzene rings is 1. The van der Waals surface area contributed by atoms with E-state index < -0.39 is 0 Å². The predicted octanol–water partition coefficient (Wildman–Crippen LogP) is 3.63. The number of thioether (sulfide) groups is 1. The van der Waals surface area contributed by atoms with Crippen LogP contribution in [0.2, 0.25) is 0 Å². The van der Waals surface area contributed by atoms with Crippen molar-refractivity contribution in [3.05, 3.63) is 29.8 Å². The molecule has 22 heavy (non-hydrogen) atoms. The number of hydrogen-bond donors (Lipinski definition) is 0. The molecule has 0 N–H and O–H groups in total. The van der Waals surface area contributed by atoms with E-state index in [0.717, 1.165) is 32.5 Å². The first kappa shape index (κ1) is 17.4. The maximum absolute atomic E-state index is 12.4. The highest BCUT2D eigenvalue weighted by molar-refractivity contribution is 7.98. The van der Waals surface area contributed by atoms with Gasteiger partial charge in [-0.15, -0.1) is 11.8 Å². The molecule has 4 heteroatoms. The fraction of sp³-hybridized carbons (Fsp3) is 0.611. The smallest absolute Gasteiger partial charge is 0.236 e. The molecule has 0 bridgehead atoms. The van der Waals surface area contributed by atoms with Crippen LogP contribution in [0, 0.1) is 0 Å². The van der Waals surface area contributed by atoms with Crippen LogP contribution in [0.5, 0.6) is 0 Å². The lowest BCUT2D eigenvalue weighted by Gasteiger charge is -2.27. The molecule has 1 aromatic carbocycles. The Balaban J connectivity index is 1.81. The molecule has 1 saturated heterocycles. The lowest BCUT2D eigenvalue weighted by atomic mass is 10.1. The van der Waals surface area contributed by atoms with Crippen LogP contribution < -0.4 is 0 Å². The average molecular weight is 321 g/mol. The molecule has 0 unspecified atom stereocenters. The van der Waals surface area contributed by atoms with E-state index in [1.807, 2.05) is 7.05 Å². The van der Waals surface area contributed by atoms with Crippen molar-refractivity contribution in [2.75, 3.05) is 32.9 Å². The summed E-state index contributed by atoms with van der Waals surface area (Å²) < 4.78 is 0. The minimum Gasteiger partial charge on any atom is -0.342 e. The number of carbonyl (C=O) groups excluding carboxylic acids is 1. The Morgan fingerprint density at radius 1 is 1.09 bits per heavy atom. The van der Waals surface area contributed by atoms with E-state index in [1.165, 1.54) is 29.7 Å². The summed E-state index contributed by atoms with van der Waals surface area (Å²) in [5.74, 6) is 0.283. The van der Waals surface area contributed by atoms with Crippen LogP contribution in [0.25, 0.3) is 0 Å². The zero-order chi connectivity index (χ0) is 15.8. The lowest BCUT2D eigenvalue weighted by Crippen LogP contribution is -2.40. The van der Waals surface area contributed by atoms with Crippen LogP contribution >= 0.6 is 11.8 Å². The van der Waals surface area contributed by atoms with Gasteiger partial charge >= 0.3 is 0 Å². The van der Waals surface area contributed by atoms with Crippen molar-refractivity contribution in [3.8, 4) is 0 Å². The number of hydrogen-bond acceptors (Lipinski definition) is 3. The van der Waals surface area contributed by atoms with Crippen molar-refractivity contribution in [3.63, 3.8) is 0 Å². The summed E-state index contributed by atoms with van der Waals surface area (Å²) in [6.07, 6.45) is 8.26. The van der Waals surface area contributed by atoms with E-state index in [0.29, 0.717) is 6.54 Å². The van der Waals surface area contributed by atoms with Crippen molar-refractivity contribution >= 4 is 17.7 Å². The molecule has 122 valence electrons. The number of nitrogens with zero attached hydrogens (tertiary/aromatic N) is 2. The molecule has 1 amide bonds. The van der Waals surface area contributed by atoms with E-state index in [9.17, 15) is 4.79 Å². The summed E-state index contributed by atoms with van der Waals surface area (Å²) in [5, 5.41) is 0. The number of likely N-dealkylation sites (N-methyl/N-ethyl adjacent to an activating group) is 1. The Bertz CT molecular complexity index is 453. The molecule has 1 aliphatic rings. The van der Waals surface area contributed by atoms with Gasteiger partial charge in [0.2, 0.25) is 5.91 Å². The molecule has 0 aliphatic carbocycles. The molecule has 1 aromatic rings. The van der Waals surface area contributed by atoms with Crippen LogP contribution in [0.1, 0.15) is 37.7 Å². The Morgan fingerprint density at radius 2 is 1.68 bits per heavy atom. The van der Waals surface area contributed by atoms with Gasteiger partial charge in [-0.05, 0) is 43.8 Å². The van der Waals surface area contributed by atoms with E-state index in [1.54, 1.807) is 11.8 Å². The SMILES string of the molecule is CSc1ccc(CN(C)CC(=O)N2CCCCCCC2)cc1. The van der Waals surface area contributed by atoms with Crippen molar-refractivity contribution in [2.24, 2.45) is 0 Å². The van der Waals surface area contributed by atoms with Gasteiger partial charge in [-0.1, -0.05) is 31.4 Å². The zero-order valence-corrected chi connectivity index (χ0v) is 14.7. The second-order valence-corrected chi connectivity index (χ2v) is 7.05. The Kier molecular flexibility index (Phi) is 7.26. The maximum Gasteiger partial charge on any atom is 0.236 e. The van der Waals surface area contributed by atoms with Gasteiger partial charge in [-0.3, -0.25) is 9.69 Å². The van der Waals surface area contributed by atoms with Crippen LogP contribution in [0.4, 0.5) is 0 Å². The molecule has 1 fully saturated rings. The standard InChI is InChI=1S/C18H28N2OS/c1-19(14-16-8-10-17(22-2)11-9-16)15-18(21)20-12-6-4-3-5-7-13-20/h8-11H,3-7,12-15H2,1-2H3. The molecule has 0 radical (unpaired) electrons. The topological polar surface area (TPSA) is 23.6 Å². The number of amides is 1. The van der Waals surface area contributed by atoms with Gasteiger partial charge < -0.3 is 4.90 Å². The highest BCUT2D eigenvalue weighted by Crippen LogP contribution is 2.16. The molecule has 0 saturated carbocycles. The number of carbonyl (C=O) groups is 1. The molecule has 1 heterocycles. The molecule has 0 aromatic heterocycles. The molecule has 0 atom stereocenters. The summed E-state index contributed by atoms with van der Waals surface area (Å²) in [6, 6.07) is 8.60. The Morgan fingerprint density at radius 3 is 2.27 bits per heavy atom. The second-order valence-electron chi connectivity index (χ2n) is 6.17. The number of rotatable bonds is 5. The lowest BCUT2D eigenvalue weighted by molar-refractivity contribution is -0.132. The third-order valence-electron chi connectivity index (χ3n) is 4.23. The van der Waals surface area contributed by atoms with Gasteiger partial charge in [0.1, 0.15) is 0 Å². The molecule has 2 rings (SSSR count). The second kappa shape index (κ2) is 9.21. The average Bonchev–Trinajstić information content (AvgIpc) is 2.47. The molecular weight excluding hydrogens is 292 g/mol. The van der Waals surface area contributed by atoms with Crippen LogP contribution in [-0.2, 0) is 11.3 Å². The maximum atomic E-state index is 12.4. The minimum atomic E-state index is 0.283. The van der Waals surface area contributed by atoms with Gasteiger partial charge in [-0.25, -0.2) is 0 Å². The fourth-order valence-electron chi connectivity index (χ4n) is 2.93. The normalized spacial score (nSPS) is 16.4. The highest BCUT2D eigenvalue weighted by Gasteiger charge is 2.16. The van der Waals surface area contributed by atoms with E-state index >= 15 is 0 Å². The van der Waals surface area contributed by atoms with E-state index in [4.69, 9.17) is 0 Å². The van der Waals surface area contributed by atoms with Gasteiger partial charge in [0.25, 0.3) is 0 Å². The van der Waals surface area contributed by atoms with Crippen molar-refractivity contribution < 1.29 is 4.79 Å². The van der Waals surface area contributed by atoms with Crippen LogP contribution in [-0.4, -0.2) is 48.6 Å².